The van der Waals surface area contributed by atoms with E-state index < -0.39 is 0 Å². The Bertz CT molecular complexity index is 367. The van der Waals surface area contributed by atoms with Crippen LogP contribution >= 0.6 is 0 Å². The van der Waals surface area contributed by atoms with Crippen molar-refractivity contribution in [2.45, 2.75) is 26.3 Å². The summed E-state index contributed by atoms with van der Waals surface area (Å²) in [5.74, 6) is 0.460. The summed E-state index contributed by atoms with van der Waals surface area (Å²) in [5, 5.41) is 4.40. The first-order chi connectivity index (χ1) is 6.59. The van der Waals surface area contributed by atoms with E-state index in [1.807, 2.05) is 17.8 Å². The molecule has 0 aliphatic carbocycles. The van der Waals surface area contributed by atoms with E-state index in [1.54, 1.807) is 4.90 Å². The third-order valence-corrected chi connectivity index (χ3v) is 2.60. The molecular formula is C10H15N3O. The Morgan fingerprint density at radius 1 is 1.43 bits per heavy atom. The third-order valence-electron chi connectivity index (χ3n) is 2.60. The van der Waals surface area contributed by atoms with Crippen LogP contribution in [0.15, 0.2) is 6.07 Å². The molecule has 1 aromatic heterocycles. The van der Waals surface area contributed by atoms with Gasteiger partial charge in [0.15, 0.2) is 0 Å². The van der Waals surface area contributed by atoms with Gasteiger partial charge in [0.1, 0.15) is 5.69 Å². The summed E-state index contributed by atoms with van der Waals surface area (Å²) in [4.78, 5) is 13.5. The van der Waals surface area contributed by atoms with Crippen molar-refractivity contribution in [3.8, 4) is 0 Å². The molecule has 1 aromatic rings. The average Bonchev–Trinajstić information content (AvgIpc) is 2.56. The predicted octanol–water partition coefficient (Wildman–Crippen LogP) is 1.09. The molecular weight excluding hydrogens is 178 g/mol. The number of hydrogen-bond donors (Lipinski definition) is 0. The predicted molar refractivity (Wildman–Crippen MR) is 53.3 cm³/mol. The Balaban J connectivity index is 2.41. The van der Waals surface area contributed by atoms with Crippen molar-refractivity contribution in [2.24, 2.45) is 0 Å². The molecule has 4 heteroatoms. The maximum atomic E-state index is 11.7. The smallest absolute Gasteiger partial charge is 0.271 e. The van der Waals surface area contributed by atoms with Crippen LogP contribution in [-0.4, -0.2) is 34.2 Å². The molecule has 0 fully saturated rings. The summed E-state index contributed by atoms with van der Waals surface area (Å²) in [7, 11) is 1.83. The normalized spacial score (nSPS) is 16.3. The minimum absolute atomic E-state index is 0.0793. The number of carbonyl (C=O) groups excluding carboxylic acids is 1. The Morgan fingerprint density at radius 2 is 2.14 bits per heavy atom. The molecule has 0 aromatic carbocycles. The standard InChI is InChI=1S/C10H15N3O/c1-7(2)8-6-9-10(14)12(3)4-5-13(9)11-8/h6-7H,4-5H2,1-3H3. The van der Waals surface area contributed by atoms with Gasteiger partial charge in [-0.1, -0.05) is 13.8 Å². The maximum absolute atomic E-state index is 11.7. The van der Waals surface area contributed by atoms with E-state index in [-0.39, 0.29) is 5.91 Å². The minimum Gasteiger partial charge on any atom is -0.339 e. The van der Waals surface area contributed by atoms with Gasteiger partial charge in [0.2, 0.25) is 0 Å². The number of carbonyl (C=O) groups is 1. The van der Waals surface area contributed by atoms with Gasteiger partial charge in [-0.15, -0.1) is 0 Å². The zero-order chi connectivity index (χ0) is 10.3. The number of rotatable bonds is 1. The molecule has 2 rings (SSSR count). The Kier molecular flexibility index (Phi) is 2.06. The fourth-order valence-corrected chi connectivity index (χ4v) is 1.60. The summed E-state index contributed by atoms with van der Waals surface area (Å²) >= 11 is 0. The van der Waals surface area contributed by atoms with Crippen LogP contribution < -0.4 is 0 Å². The van der Waals surface area contributed by atoms with Crippen molar-refractivity contribution in [3.63, 3.8) is 0 Å². The van der Waals surface area contributed by atoms with Gasteiger partial charge >= 0.3 is 0 Å². The van der Waals surface area contributed by atoms with E-state index >= 15 is 0 Å². The molecule has 1 aliphatic rings. The van der Waals surface area contributed by atoms with Crippen molar-refractivity contribution in [1.82, 2.24) is 14.7 Å². The Morgan fingerprint density at radius 3 is 2.79 bits per heavy atom. The Labute approximate surface area is 83.5 Å². The molecule has 76 valence electrons. The van der Waals surface area contributed by atoms with Gasteiger partial charge < -0.3 is 4.90 Å². The molecule has 0 saturated heterocycles. The molecule has 0 atom stereocenters. The van der Waals surface area contributed by atoms with E-state index in [0.717, 1.165) is 24.5 Å². The first-order valence-electron chi connectivity index (χ1n) is 4.93. The van der Waals surface area contributed by atoms with E-state index in [2.05, 4.69) is 18.9 Å². The number of amides is 1. The van der Waals surface area contributed by atoms with Gasteiger partial charge in [0, 0.05) is 13.6 Å². The highest BCUT2D eigenvalue weighted by Gasteiger charge is 2.23. The monoisotopic (exact) mass is 193 g/mol. The lowest BCUT2D eigenvalue weighted by atomic mass is 10.1. The fraction of sp³-hybridized carbons (Fsp3) is 0.600. The summed E-state index contributed by atoms with van der Waals surface area (Å²) in [6, 6.07) is 1.91. The first kappa shape index (κ1) is 9.24. The van der Waals surface area contributed by atoms with Crippen molar-refractivity contribution in [1.29, 1.82) is 0 Å². The van der Waals surface area contributed by atoms with Crippen LogP contribution in [-0.2, 0) is 6.54 Å². The quantitative estimate of drug-likeness (QED) is 0.669. The van der Waals surface area contributed by atoms with Crippen LogP contribution in [0.5, 0.6) is 0 Å². The third kappa shape index (κ3) is 1.31. The fourth-order valence-electron chi connectivity index (χ4n) is 1.60. The molecule has 1 amide bonds. The second-order valence-corrected chi connectivity index (χ2v) is 4.06. The molecule has 4 nitrogen and oxygen atoms in total. The number of hydrogen-bond acceptors (Lipinski definition) is 2. The molecule has 2 heterocycles. The second kappa shape index (κ2) is 3.12. The lowest BCUT2D eigenvalue weighted by Gasteiger charge is -2.22. The van der Waals surface area contributed by atoms with E-state index in [0.29, 0.717) is 5.92 Å². The number of nitrogens with zero attached hydrogens (tertiary/aromatic N) is 3. The largest absolute Gasteiger partial charge is 0.339 e. The topological polar surface area (TPSA) is 38.1 Å². The number of fused-ring (bicyclic) bond motifs is 1. The van der Waals surface area contributed by atoms with Crippen LogP contribution in [0.1, 0.15) is 35.9 Å². The molecule has 1 aliphatic heterocycles. The van der Waals surface area contributed by atoms with Crippen molar-refractivity contribution in [3.05, 3.63) is 17.5 Å². The first-order valence-corrected chi connectivity index (χ1v) is 4.93. The second-order valence-electron chi connectivity index (χ2n) is 4.06. The van der Waals surface area contributed by atoms with Gasteiger partial charge in [0.05, 0.1) is 12.2 Å². The lowest BCUT2D eigenvalue weighted by Crippen LogP contribution is -2.37. The highest BCUT2D eigenvalue weighted by atomic mass is 16.2. The van der Waals surface area contributed by atoms with E-state index in [9.17, 15) is 4.79 Å². The van der Waals surface area contributed by atoms with Crippen molar-refractivity contribution < 1.29 is 4.79 Å². The van der Waals surface area contributed by atoms with Crippen LogP contribution in [0.2, 0.25) is 0 Å². The summed E-state index contributed by atoms with van der Waals surface area (Å²) in [6.45, 7) is 5.74. The molecule has 0 radical (unpaired) electrons. The number of likely N-dealkylation sites (N-methyl/N-ethyl adjacent to an activating group) is 1. The van der Waals surface area contributed by atoms with Gasteiger partial charge in [-0.25, -0.2) is 0 Å². The van der Waals surface area contributed by atoms with Crippen LogP contribution in [0.4, 0.5) is 0 Å². The van der Waals surface area contributed by atoms with Crippen molar-refractivity contribution in [2.75, 3.05) is 13.6 Å². The summed E-state index contributed by atoms with van der Waals surface area (Å²) in [5.41, 5.74) is 1.73. The summed E-state index contributed by atoms with van der Waals surface area (Å²) < 4.78 is 1.82. The van der Waals surface area contributed by atoms with Gasteiger partial charge in [-0.3, -0.25) is 9.48 Å². The molecule has 0 saturated carbocycles. The Hall–Kier alpha value is -1.32. The number of aromatic nitrogens is 2. The average molecular weight is 193 g/mol. The van der Waals surface area contributed by atoms with Gasteiger partial charge in [-0.2, -0.15) is 5.10 Å². The van der Waals surface area contributed by atoms with Gasteiger partial charge in [0.25, 0.3) is 5.91 Å². The molecule has 0 unspecified atom stereocenters. The van der Waals surface area contributed by atoms with Crippen LogP contribution in [0.25, 0.3) is 0 Å². The maximum Gasteiger partial charge on any atom is 0.271 e. The SMILES string of the molecule is CC(C)c1cc2n(n1)CCN(C)C2=O. The van der Waals surface area contributed by atoms with E-state index in [1.165, 1.54) is 0 Å². The van der Waals surface area contributed by atoms with E-state index in [4.69, 9.17) is 0 Å². The highest BCUT2D eigenvalue weighted by molar-refractivity contribution is 5.93. The zero-order valence-corrected chi connectivity index (χ0v) is 8.82. The molecule has 0 N–H and O–H groups in total. The zero-order valence-electron chi connectivity index (χ0n) is 8.82. The van der Waals surface area contributed by atoms with Crippen LogP contribution in [0, 0.1) is 0 Å². The van der Waals surface area contributed by atoms with Gasteiger partial charge in [-0.05, 0) is 12.0 Å². The molecule has 0 spiro atoms. The molecule has 0 bridgehead atoms. The lowest BCUT2D eigenvalue weighted by molar-refractivity contribution is 0.0743. The van der Waals surface area contributed by atoms with Crippen molar-refractivity contribution >= 4 is 5.91 Å². The van der Waals surface area contributed by atoms with Crippen LogP contribution in [0.3, 0.4) is 0 Å². The molecule has 14 heavy (non-hydrogen) atoms. The summed E-state index contributed by atoms with van der Waals surface area (Å²) in [6.07, 6.45) is 0. The highest BCUT2D eigenvalue weighted by Crippen LogP contribution is 2.17. The minimum atomic E-state index is 0.0793.